The number of hydrogen-bond donors (Lipinski definition) is 1. The van der Waals surface area contributed by atoms with E-state index < -0.39 is 16.6 Å². The number of non-ortho nitro benzene ring substituents is 1. The second-order valence-corrected chi connectivity index (χ2v) is 7.59. The second-order valence-electron chi connectivity index (χ2n) is 7.59. The van der Waals surface area contributed by atoms with Gasteiger partial charge in [0.25, 0.3) is 5.69 Å². The van der Waals surface area contributed by atoms with E-state index >= 15 is 0 Å². The van der Waals surface area contributed by atoms with E-state index in [0.717, 1.165) is 19.4 Å². The van der Waals surface area contributed by atoms with Crippen molar-refractivity contribution in [3.05, 3.63) is 34.5 Å². The van der Waals surface area contributed by atoms with Crippen molar-refractivity contribution in [1.29, 1.82) is 0 Å². The van der Waals surface area contributed by atoms with Crippen molar-refractivity contribution in [2.45, 2.75) is 45.3 Å². The van der Waals surface area contributed by atoms with Crippen LogP contribution in [0, 0.1) is 10.1 Å². The molecular formula is C18H23N5O4. The molecule has 27 heavy (non-hydrogen) atoms. The van der Waals surface area contributed by atoms with Crippen LogP contribution in [0.25, 0.3) is 11.0 Å². The van der Waals surface area contributed by atoms with Crippen LogP contribution in [0.2, 0.25) is 0 Å². The highest BCUT2D eigenvalue weighted by Gasteiger charge is 2.25. The van der Waals surface area contributed by atoms with Crippen LogP contribution in [0.5, 0.6) is 0 Å². The summed E-state index contributed by atoms with van der Waals surface area (Å²) < 4.78 is 5.32. The van der Waals surface area contributed by atoms with Crippen LogP contribution in [0.4, 0.5) is 16.3 Å². The second kappa shape index (κ2) is 7.34. The van der Waals surface area contributed by atoms with E-state index in [0.29, 0.717) is 23.4 Å². The largest absolute Gasteiger partial charge is 0.444 e. The van der Waals surface area contributed by atoms with E-state index in [4.69, 9.17) is 4.74 Å². The number of nitrogens with zero attached hydrogens (tertiary/aromatic N) is 4. The molecule has 1 N–H and O–H groups in total. The zero-order valence-corrected chi connectivity index (χ0v) is 15.6. The molecule has 1 fully saturated rings. The normalized spacial score (nSPS) is 17.6. The topological polar surface area (TPSA) is 110 Å². The first-order valence-corrected chi connectivity index (χ1v) is 8.87. The molecule has 1 atom stereocenters. The van der Waals surface area contributed by atoms with E-state index in [1.807, 2.05) is 20.8 Å². The molecule has 0 radical (unpaired) electrons. The molecule has 1 aliphatic rings. The zero-order valence-electron chi connectivity index (χ0n) is 15.6. The summed E-state index contributed by atoms with van der Waals surface area (Å²) in [5.74, 6) is 0.687. The van der Waals surface area contributed by atoms with Gasteiger partial charge in [-0.2, -0.15) is 0 Å². The molecule has 1 saturated heterocycles. The number of nitro groups is 1. The molecule has 9 heteroatoms. The van der Waals surface area contributed by atoms with Crippen LogP contribution in [-0.4, -0.2) is 45.7 Å². The number of piperidine rings is 1. The van der Waals surface area contributed by atoms with E-state index in [2.05, 4.69) is 20.2 Å². The van der Waals surface area contributed by atoms with Crippen LogP contribution < -0.4 is 10.2 Å². The van der Waals surface area contributed by atoms with Crippen LogP contribution in [-0.2, 0) is 4.74 Å². The Balaban J connectivity index is 1.71. The predicted octanol–water partition coefficient (Wildman–Crippen LogP) is 3.03. The van der Waals surface area contributed by atoms with Gasteiger partial charge in [0.05, 0.1) is 22.2 Å². The molecule has 0 spiro atoms. The quantitative estimate of drug-likeness (QED) is 0.650. The van der Waals surface area contributed by atoms with Gasteiger partial charge in [-0.15, -0.1) is 0 Å². The first kappa shape index (κ1) is 18.8. The first-order chi connectivity index (χ1) is 12.7. The number of hydrogen-bond acceptors (Lipinski definition) is 7. The average molecular weight is 373 g/mol. The summed E-state index contributed by atoms with van der Waals surface area (Å²) in [6, 6.07) is 4.39. The number of benzene rings is 1. The van der Waals surface area contributed by atoms with Gasteiger partial charge < -0.3 is 15.0 Å². The number of nitrogens with one attached hydrogen (secondary N) is 1. The zero-order chi connectivity index (χ0) is 19.6. The Hall–Kier alpha value is -2.97. The fraction of sp³-hybridized carbons (Fsp3) is 0.500. The Labute approximate surface area is 156 Å². The maximum Gasteiger partial charge on any atom is 0.407 e. The van der Waals surface area contributed by atoms with Crippen molar-refractivity contribution in [3.63, 3.8) is 0 Å². The van der Waals surface area contributed by atoms with Crippen LogP contribution >= 0.6 is 0 Å². The molecule has 3 rings (SSSR count). The molecule has 9 nitrogen and oxygen atoms in total. The van der Waals surface area contributed by atoms with Crippen molar-refractivity contribution in [3.8, 4) is 0 Å². The number of ether oxygens (including phenoxy) is 1. The van der Waals surface area contributed by atoms with Crippen molar-refractivity contribution < 1.29 is 14.5 Å². The number of carbonyl (C=O) groups is 1. The van der Waals surface area contributed by atoms with Gasteiger partial charge >= 0.3 is 6.09 Å². The fourth-order valence-corrected chi connectivity index (χ4v) is 3.03. The van der Waals surface area contributed by atoms with Gasteiger partial charge in [-0.05, 0) is 39.7 Å². The Bertz CT molecular complexity index is 864. The van der Waals surface area contributed by atoms with Gasteiger partial charge in [0.15, 0.2) is 0 Å². The highest BCUT2D eigenvalue weighted by atomic mass is 16.6. The van der Waals surface area contributed by atoms with E-state index in [1.54, 1.807) is 12.3 Å². The highest BCUT2D eigenvalue weighted by Crippen LogP contribution is 2.22. The molecule has 1 amide bonds. The monoisotopic (exact) mass is 373 g/mol. The van der Waals surface area contributed by atoms with Gasteiger partial charge in [0, 0.05) is 31.3 Å². The maximum absolute atomic E-state index is 12.0. The summed E-state index contributed by atoms with van der Waals surface area (Å²) in [5, 5.41) is 13.8. The van der Waals surface area contributed by atoms with Gasteiger partial charge in [-0.3, -0.25) is 15.1 Å². The van der Waals surface area contributed by atoms with Gasteiger partial charge in [-0.1, -0.05) is 0 Å². The Morgan fingerprint density at radius 1 is 1.37 bits per heavy atom. The molecule has 1 aliphatic heterocycles. The summed E-state index contributed by atoms with van der Waals surface area (Å²) in [6.07, 6.45) is 2.96. The predicted molar refractivity (Wildman–Crippen MR) is 101 cm³/mol. The molecule has 0 aliphatic carbocycles. The van der Waals surface area contributed by atoms with E-state index in [1.165, 1.54) is 12.1 Å². The molecule has 0 bridgehead atoms. The van der Waals surface area contributed by atoms with Crippen LogP contribution in [0.1, 0.15) is 33.6 Å². The number of fused-ring (bicyclic) bond motifs is 1. The van der Waals surface area contributed by atoms with Crippen molar-refractivity contribution in [2.24, 2.45) is 0 Å². The SMILES string of the molecule is CC(C)(C)OC(=O)NC1CCCN(c2cnc3cc([N+](=O)[O-])ccc3n2)C1. The van der Waals surface area contributed by atoms with E-state index in [-0.39, 0.29) is 11.7 Å². The summed E-state index contributed by atoms with van der Waals surface area (Å²) in [6.45, 7) is 6.89. The third-order valence-electron chi connectivity index (χ3n) is 4.19. The number of amides is 1. The third-order valence-corrected chi connectivity index (χ3v) is 4.19. The molecule has 2 aromatic rings. The molecule has 144 valence electrons. The maximum atomic E-state index is 12.0. The minimum Gasteiger partial charge on any atom is -0.444 e. The summed E-state index contributed by atoms with van der Waals surface area (Å²) in [5.41, 5.74) is 0.531. The number of aromatic nitrogens is 2. The lowest BCUT2D eigenvalue weighted by molar-refractivity contribution is -0.384. The number of rotatable bonds is 3. The van der Waals surface area contributed by atoms with Gasteiger partial charge in [0.1, 0.15) is 11.4 Å². The average Bonchev–Trinajstić information content (AvgIpc) is 2.59. The minimum absolute atomic E-state index is 0.0100. The lowest BCUT2D eigenvalue weighted by Crippen LogP contribution is -2.49. The van der Waals surface area contributed by atoms with E-state index in [9.17, 15) is 14.9 Å². The number of alkyl carbamates (subject to hydrolysis) is 1. The summed E-state index contributed by atoms with van der Waals surface area (Å²) >= 11 is 0. The first-order valence-electron chi connectivity index (χ1n) is 8.87. The highest BCUT2D eigenvalue weighted by molar-refractivity contribution is 5.78. The van der Waals surface area contributed by atoms with Crippen molar-refractivity contribution in [1.82, 2.24) is 15.3 Å². The van der Waals surface area contributed by atoms with Crippen molar-refractivity contribution >= 4 is 28.6 Å². The molecule has 1 unspecified atom stereocenters. The molecule has 0 saturated carbocycles. The number of nitro benzene ring substituents is 1. The Morgan fingerprint density at radius 2 is 2.15 bits per heavy atom. The number of anilines is 1. The minimum atomic E-state index is -0.537. The van der Waals surface area contributed by atoms with Gasteiger partial charge in [-0.25, -0.2) is 9.78 Å². The Morgan fingerprint density at radius 3 is 2.85 bits per heavy atom. The molecule has 2 heterocycles. The van der Waals surface area contributed by atoms with Gasteiger partial charge in [0.2, 0.25) is 0 Å². The lowest BCUT2D eigenvalue weighted by Gasteiger charge is -2.34. The molecule has 1 aromatic heterocycles. The standard InChI is InChI=1S/C18H23N5O4/c1-18(2,3)27-17(24)20-12-5-4-8-22(11-12)16-10-19-15-9-13(23(25)26)6-7-14(15)21-16/h6-7,9-10,12H,4-5,8,11H2,1-3H3,(H,20,24). The fourth-order valence-electron chi connectivity index (χ4n) is 3.03. The third kappa shape index (κ3) is 4.81. The van der Waals surface area contributed by atoms with Crippen molar-refractivity contribution in [2.75, 3.05) is 18.0 Å². The molecule has 1 aromatic carbocycles. The van der Waals surface area contributed by atoms with Crippen LogP contribution in [0.15, 0.2) is 24.4 Å². The lowest BCUT2D eigenvalue weighted by atomic mass is 10.1. The smallest absolute Gasteiger partial charge is 0.407 e. The molecular weight excluding hydrogens is 350 g/mol. The Kier molecular flexibility index (Phi) is 5.11. The summed E-state index contributed by atoms with van der Waals surface area (Å²) in [7, 11) is 0. The summed E-state index contributed by atoms with van der Waals surface area (Å²) in [4.78, 5) is 33.4. The number of carbonyl (C=O) groups excluding carboxylic acids is 1. The van der Waals surface area contributed by atoms with Crippen LogP contribution in [0.3, 0.4) is 0 Å².